The summed E-state index contributed by atoms with van der Waals surface area (Å²) in [6, 6.07) is 7.20. The van der Waals surface area contributed by atoms with Crippen molar-refractivity contribution in [2.45, 2.75) is 13.0 Å². The van der Waals surface area contributed by atoms with Gasteiger partial charge >= 0.3 is 0 Å². The van der Waals surface area contributed by atoms with E-state index in [2.05, 4.69) is 5.32 Å². The maximum atomic E-state index is 10.8. The van der Waals surface area contributed by atoms with E-state index in [1.165, 1.54) is 6.92 Å². The number of nitrogens with two attached hydrogens (primary N) is 2. The molecule has 0 radical (unpaired) electrons. The van der Waals surface area contributed by atoms with Crippen LogP contribution in [0.1, 0.15) is 18.5 Å². The van der Waals surface area contributed by atoms with E-state index in [9.17, 15) is 4.79 Å². The molecule has 1 rings (SSSR count). The predicted octanol–water partition coefficient (Wildman–Crippen LogP) is 0.603. The Morgan fingerprint density at radius 2 is 2.29 bits per heavy atom. The lowest BCUT2D eigenvalue weighted by Gasteiger charge is -2.10. The van der Waals surface area contributed by atoms with Crippen LogP contribution in [0.15, 0.2) is 24.3 Å². The largest absolute Gasteiger partial charge is 0.329 e. The lowest BCUT2D eigenvalue weighted by Crippen LogP contribution is -2.20. The quantitative estimate of drug-likeness (QED) is 0.657. The van der Waals surface area contributed by atoms with E-state index in [1.807, 2.05) is 24.3 Å². The third-order valence-electron chi connectivity index (χ3n) is 1.89. The molecular weight excluding hydrogens is 178 g/mol. The molecule has 1 aromatic rings. The summed E-state index contributed by atoms with van der Waals surface area (Å²) in [7, 11) is 0. The molecule has 0 fully saturated rings. The first-order valence-corrected chi connectivity index (χ1v) is 4.46. The van der Waals surface area contributed by atoms with E-state index >= 15 is 0 Å². The first-order chi connectivity index (χ1) is 6.63. The highest BCUT2D eigenvalue weighted by Crippen LogP contribution is 2.15. The van der Waals surface area contributed by atoms with Crippen LogP contribution >= 0.6 is 0 Å². The van der Waals surface area contributed by atoms with Crippen molar-refractivity contribution >= 4 is 11.6 Å². The third kappa shape index (κ3) is 2.83. The Hall–Kier alpha value is -1.39. The maximum absolute atomic E-state index is 10.8. The molecule has 0 bridgehead atoms. The fraction of sp³-hybridized carbons (Fsp3) is 0.300. The van der Waals surface area contributed by atoms with Crippen molar-refractivity contribution in [3.8, 4) is 0 Å². The van der Waals surface area contributed by atoms with Gasteiger partial charge in [0.05, 0.1) is 0 Å². The fourth-order valence-electron chi connectivity index (χ4n) is 1.19. The summed E-state index contributed by atoms with van der Waals surface area (Å²) < 4.78 is 0. The van der Waals surface area contributed by atoms with Crippen LogP contribution in [-0.2, 0) is 4.79 Å². The van der Waals surface area contributed by atoms with Crippen LogP contribution in [0.5, 0.6) is 0 Å². The van der Waals surface area contributed by atoms with Gasteiger partial charge in [-0.15, -0.1) is 0 Å². The summed E-state index contributed by atoms with van der Waals surface area (Å²) in [5.74, 6) is -0.0940. The van der Waals surface area contributed by atoms with E-state index in [1.54, 1.807) is 0 Å². The minimum absolute atomic E-state index is 0.0940. The van der Waals surface area contributed by atoms with Gasteiger partial charge in [-0.1, -0.05) is 12.1 Å². The van der Waals surface area contributed by atoms with Gasteiger partial charge in [0.2, 0.25) is 5.91 Å². The van der Waals surface area contributed by atoms with Crippen molar-refractivity contribution in [1.82, 2.24) is 0 Å². The lowest BCUT2D eigenvalue weighted by atomic mass is 10.1. The third-order valence-corrected chi connectivity index (χ3v) is 1.89. The molecule has 0 aliphatic carbocycles. The second-order valence-corrected chi connectivity index (χ2v) is 3.15. The number of benzene rings is 1. The SMILES string of the molecule is CC(=O)Nc1cccc([C@@H](N)CN)c1. The van der Waals surface area contributed by atoms with E-state index in [0.29, 0.717) is 6.54 Å². The van der Waals surface area contributed by atoms with Crippen LogP contribution in [0.2, 0.25) is 0 Å². The van der Waals surface area contributed by atoms with Crippen molar-refractivity contribution in [3.63, 3.8) is 0 Å². The average Bonchev–Trinajstić information content (AvgIpc) is 2.16. The van der Waals surface area contributed by atoms with Gasteiger partial charge in [0.25, 0.3) is 0 Å². The predicted molar refractivity (Wildman–Crippen MR) is 56.7 cm³/mol. The Labute approximate surface area is 83.3 Å². The minimum Gasteiger partial charge on any atom is -0.329 e. The molecule has 0 aromatic heterocycles. The van der Waals surface area contributed by atoms with Crippen LogP contribution in [0, 0.1) is 0 Å². The fourth-order valence-corrected chi connectivity index (χ4v) is 1.19. The van der Waals surface area contributed by atoms with Gasteiger partial charge in [-0.3, -0.25) is 4.79 Å². The van der Waals surface area contributed by atoms with E-state index < -0.39 is 0 Å². The molecule has 1 amide bonds. The number of nitrogens with one attached hydrogen (secondary N) is 1. The highest BCUT2D eigenvalue weighted by Gasteiger charge is 2.04. The number of hydrogen-bond acceptors (Lipinski definition) is 3. The van der Waals surface area contributed by atoms with Crippen molar-refractivity contribution in [1.29, 1.82) is 0 Å². The van der Waals surface area contributed by atoms with Crippen molar-refractivity contribution in [2.24, 2.45) is 11.5 Å². The smallest absolute Gasteiger partial charge is 0.221 e. The molecule has 0 spiro atoms. The zero-order valence-electron chi connectivity index (χ0n) is 8.16. The Bertz CT molecular complexity index is 325. The molecule has 0 heterocycles. The monoisotopic (exact) mass is 193 g/mol. The maximum Gasteiger partial charge on any atom is 0.221 e. The van der Waals surface area contributed by atoms with Gasteiger partial charge in [-0.25, -0.2) is 0 Å². The average molecular weight is 193 g/mol. The summed E-state index contributed by atoms with van der Waals surface area (Å²) in [6.07, 6.45) is 0. The Balaban J connectivity index is 2.83. The number of amides is 1. The van der Waals surface area contributed by atoms with Gasteiger partial charge in [-0.2, -0.15) is 0 Å². The Morgan fingerprint density at radius 3 is 2.86 bits per heavy atom. The van der Waals surface area contributed by atoms with Crippen LogP contribution in [0.25, 0.3) is 0 Å². The molecule has 1 atom stereocenters. The van der Waals surface area contributed by atoms with Gasteiger partial charge in [0.15, 0.2) is 0 Å². The molecular formula is C10H15N3O. The minimum atomic E-state index is -0.177. The zero-order valence-corrected chi connectivity index (χ0v) is 8.16. The molecule has 76 valence electrons. The first-order valence-electron chi connectivity index (χ1n) is 4.46. The standard InChI is InChI=1S/C10H15N3O/c1-7(14)13-9-4-2-3-8(5-9)10(12)6-11/h2-5,10H,6,11-12H2,1H3,(H,13,14)/t10-/m0/s1. The van der Waals surface area contributed by atoms with Crippen molar-refractivity contribution in [2.75, 3.05) is 11.9 Å². The van der Waals surface area contributed by atoms with E-state index in [0.717, 1.165) is 11.3 Å². The lowest BCUT2D eigenvalue weighted by molar-refractivity contribution is -0.114. The number of carbonyl (C=O) groups excluding carboxylic acids is 1. The molecule has 4 nitrogen and oxygen atoms in total. The number of carbonyl (C=O) groups is 1. The molecule has 0 saturated heterocycles. The highest BCUT2D eigenvalue weighted by atomic mass is 16.1. The summed E-state index contributed by atoms with van der Waals surface area (Å²) in [5.41, 5.74) is 12.9. The van der Waals surface area contributed by atoms with Crippen LogP contribution in [-0.4, -0.2) is 12.5 Å². The summed E-state index contributed by atoms with van der Waals surface area (Å²) >= 11 is 0. The van der Waals surface area contributed by atoms with Crippen molar-refractivity contribution < 1.29 is 4.79 Å². The molecule has 1 aromatic carbocycles. The second-order valence-electron chi connectivity index (χ2n) is 3.15. The molecule has 4 heteroatoms. The summed E-state index contributed by atoms with van der Waals surface area (Å²) in [5, 5.41) is 2.69. The van der Waals surface area contributed by atoms with Gasteiger partial charge in [0.1, 0.15) is 0 Å². The number of hydrogen-bond donors (Lipinski definition) is 3. The molecule has 0 aliphatic heterocycles. The van der Waals surface area contributed by atoms with Gasteiger partial charge in [0, 0.05) is 25.2 Å². The molecule has 0 unspecified atom stereocenters. The second kappa shape index (κ2) is 4.74. The number of rotatable bonds is 3. The molecule has 0 saturated carbocycles. The highest BCUT2D eigenvalue weighted by molar-refractivity contribution is 5.88. The normalized spacial score (nSPS) is 12.2. The number of anilines is 1. The molecule has 0 aliphatic rings. The van der Waals surface area contributed by atoms with Crippen LogP contribution in [0.3, 0.4) is 0 Å². The first kappa shape index (κ1) is 10.7. The Kier molecular flexibility index (Phi) is 3.62. The van der Waals surface area contributed by atoms with Crippen LogP contribution < -0.4 is 16.8 Å². The summed E-state index contributed by atoms with van der Waals surface area (Å²) in [4.78, 5) is 10.8. The van der Waals surface area contributed by atoms with E-state index in [-0.39, 0.29) is 11.9 Å². The van der Waals surface area contributed by atoms with Crippen LogP contribution in [0.4, 0.5) is 5.69 Å². The van der Waals surface area contributed by atoms with Gasteiger partial charge < -0.3 is 16.8 Å². The van der Waals surface area contributed by atoms with E-state index in [4.69, 9.17) is 11.5 Å². The zero-order chi connectivity index (χ0) is 10.6. The molecule has 14 heavy (non-hydrogen) atoms. The van der Waals surface area contributed by atoms with Crippen molar-refractivity contribution in [3.05, 3.63) is 29.8 Å². The Morgan fingerprint density at radius 1 is 1.57 bits per heavy atom. The van der Waals surface area contributed by atoms with Gasteiger partial charge in [-0.05, 0) is 17.7 Å². The summed E-state index contributed by atoms with van der Waals surface area (Å²) in [6.45, 7) is 1.86. The molecule has 5 N–H and O–H groups in total. The topological polar surface area (TPSA) is 81.1 Å².